The van der Waals surface area contributed by atoms with Crippen LogP contribution < -0.4 is 15.8 Å². The van der Waals surface area contributed by atoms with E-state index in [2.05, 4.69) is 0 Å². The summed E-state index contributed by atoms with van der Waals surface area (Å²) in [4.78, 5) is 33.4. The number of rotatable bonds is 5. The second-order valence-corrected chi connectivity index (χ2v) is 4.54. The van der Waals surface area contributed by atoms with Crippen molar-refractivity contribution in [1.82, 2.24) is 5.32 Å². The number of hydrogen-bond acceptors (Lipinski definition) is 5. The molecule has 0 aromatic heterocycles. The van der Waals surface area contributed by atoms with Crippen molar-refractivity contribution in [2.24, 2.45) is 5.73 Å². The fraction of sp³-hybridized carbons (Fsp3) is 0.357. The van der Waals surface area contributed by atoms with E-state index in [1.54, 1.807) is 6.07 Å². The van der Waals surface area contributed by atoms with E-state index in [1.165, 1.54) is 6.92 Å². The summed E-state index contributed by atoms with van der Waals surface area (Å²) in [6.45, 7) is 4.75. The van der Waals surface area contributed by atoms with Crippen LogP contribution in [0.15, 0.2) is 18.2 Å². The first-order valence-corrected chi connectivity index (χ1v) is 6.29. The van der Waals surface area contributed by atoms with Crippen molar-refractivity contribution < 1.29 is 23.9 Å². The van der Waals surface area contributed by atoms with E-state index in [0.717, 1.165) is 11.1 Å². The van der Waals surface area contributed by atoms with Gasteiger partial charge in [0, 0.05) is 0 Å². The molecule has 3 N–H and O–H groups in total. The number of carbonyl (C=O) groups is 3. The molecule has 0 aliphatic heterocycles. The zero-order valence-corrected chi connectivity index (χ0v) is 12.1. The topological polar surface area (TPSA) is 108 Å². The second kappa shape index (κ2) is 7.28. The molecule has 114 valence electrons. The highest BCUT2D eigenvalue weighted by molar-refractivity contribution is 5.96. The van der Waals surface area contributed by atoms with Crippen molar-refractivity contribution in [1.29, 1.82) is 0 Å². The van der Waals surface area contributed by atoms with Crippen LogP contribution in [-0.2, 0) is 14.3 Å². The Labute approximate surface area is 122 Å². The van der Waals surface area contributed by atoms with Gasteiger partial charge in [-0.2, -0.15) is 0 Å². The quantitative estimate of drug-likeness (QED) is 0.781. The Bertz CT molecular complexity index is 556. The molecule has 1 atom stereocenters. The Kier molecular flexibility index (Phi) is 5.71. The summed E-state index contributed by atoms with van der Waals surface area (Å²) in [6, 6.07) is 4.59. The maximum atomic E-state index is 11.6. The molecule has 0 spiro atoms. The van der Waals surface area contributed by atoms with E-state index in [1.807, 2.05) is 31.3 Å². The van der Waals surface area contributed by atoms with Crippen LogP contribution in [0.5, 0.6) is 5.75 Å². The number of amides is 3. The van der Waals surface area contributed by atoms with Gasteiger partial charge >= 0.3 is 12.0 Å². The van der Waals surface area contributed by atoms with Gasteiger partial charge in [-0.05, 0) is 38.0 Å². The number of esters is 1. The molecule has 0 saturated carbocycles. The van der Waals surface area contributed by atoms with Crippen LogP contribution in [-0.4, -0.2) is 30.6 Å². The molecule has 0 bridgehead atoms. The third-order valence-corrected chi connectivity index (χ3v) is 2.61. The van der Waals surface area contributed by atoms with E-state index in [4.69, 9.17) is 15.2 Å². The summed E-state index contributed by atoms with van der Waals surface area (Å²) >= 11 is 0. The lowest BCUT2D eigenvalue weighted by atomic mass is 10.1. The predicted octanol–water partition coefficient (Wildman–Crippen LogP) is 0.809. The average Bonchev–Trinajstić information content (AvgIpc) is 2.39. The smallest absolute Gasteiger partial charge is 0.344 e. The molecule has 0 saturated heterocycles. The molecule has 0 radical (unpaired) electrons. The summed E-state index contributed by atoms with van der Waals surface area (Å²) in [6.07, 6.45) is -1.13. The lowest BCUT2D eigenvalue weighted by Gasteiger charge is -2.13. The normalized spacial score (nSPS) is 11.4. The molecular formula is C14H18N2O5. The van der Waals surface area contributed by atoms with Crippen molar-refractivity contribution >= 4 is 17.9 Å². The minimum atomic E-state index is -1.13. The molecule has 0 heterocycles. The van der Waals surface area contributed by atoms with E-state index in [0.29, 0.717) is 5.75 Å². The molecule has 1 aromatic carbocycles. The van der Waals surface area contributed by atoms with Crippen molar-refractivity contribution in [3.8, 4) is 5.75 Å². The minimum Gasteiger partial charge on any atom is -0.482 e. The van der Waals surface area contributed by atoms with Gasteiger partial charge in [0.05, 0.1) is 0 Å². The van der Waals surface area contributed by atoms with Gasteiger partial charge in [0.15, 0.2) is 12.7 Å². The molecule has 3 amide bonds. The fourth-order valence-electron chi connectivity index (χ4n) is 1.51. The predicted molar refractivity (Wildman–Crippen MR) is 74.7 cm³/mol. The lowest BCUT2D eigenvalue weighted by Crippen LogP contribution is -2.42. The monoisotopic (exact) mass is 294 g/mol. The number of nitrogens with two attached hydrogens (primary N) is 1. The SMILES string of the molecule is Cc1ccc(C)c(OCC(=O)O[C@@H](C)C(=O)NC(N)=O)c1. The maximum Gasteiger partial charge on any atom is 0.344 e. The van der Waals surface area contributed by atoms with Crippen LogP contribution >= 0.6 is 0 Å². The van der Waals surface area contributed by atoms with E-state index in [-0.39, 0.29) is 6.61 Å². The van der Waals surface area contributed by atoms with Gasteiger partial charge in [0.2, 0.25) is 0 Å². The van der Waals surface area contributed by atoms with E-state index < -0.39 is 24.0 Å². The van der Waals surface area contributed by atoms with Gasteiger partial charge in [-0.15, -0.1) is 0 Å². The largest absolute Gasteiger partial charge is 0.482 e. The van der Waals surface area contributed by atoms with Gasteiger partial charge in [-0.3, -0.25) is 10.1 Å². The van der Waals surface area contributed by atoms with Gasteiger partial charge in [0.25, 0.3) is 5.91 Å². The van der Waals surface area contributed by atoms with Crippen molar-refractivity contribution in [3.63, 3.8) is 0 Å². The van der Waals surface area contributed by atoms with E-state index in [9.17, 15) is 14.4 Å². The van der Waals surface area contributed by atoms with Gasteiger partial charge in [-0.25, -0.2) is 9.59 Å². The Balaban J connectivity index is 2.49. The third kappa shape index (κ3) is 5.52. The number of aryl methyl sites for hydroxylation is 2. The Morgan fingerprint density at radius 3 is 2.57 bits per heavy atom. The molecule has 0 unspecified atom stereocenters. The molecule has 0 aliphatic rings. The summed E-state index contributed by atoms with van der Waals surface area (Å²) in [5, 5.41) is 1.82. The van der Waals surface area contributed by atoms with Crippen LogP contribution in [0.2, 0.25) is 0 Å². The fourth-order valence-corrected chi connectivity index (χ4v) is 1.51. The van der Waals surface area contributed by atoms with Crippen molar-refractivity contribution in [2.75, 3.05) is 6.61 Å². The Morgan fingerprint density at radius 1 is 1.29 bits per heavy atom. The highest BCUT2D eigenvalue weighted by atomic mass is 16.6. The van der Waals surface area contributed by atoms with Gasteiger partial charge < -0.3 is 15.2 Å². The average molecular weight is 294 g/mol. The first-order valence-electron chi connectivity index (χ1n) is 6.29. The Morgan fingerprint density at radius 2 is 1.95 bits per heavy atom. The molecule has 1 rings (SSSR count). The number of hydrogen-bond donors (Lipinski definition) is 2. The molecule has 0 fully saturated rings. The number of nitrogens with one attached hydrogen (secondary N) is 1. The third-order valence-electron chi connectivity index (χ3n) is 2.61. The summed E-state index contributed by atoms with van der Waals surface area (Å²) in [5.74, 6) is -0.938. The van der Waals surface area contributed by atoms with Crippen LogP contribution in [0.4, 0.5) is 4.79 Å². The molecule has 0 aliphatic carbocycles. The summed E-state index contributed by atoms with van der Waals surface area (Å²) in [7, 11) is 0. The summed E-state index contributed by atoms with van der Waals surface area (Å²) < 4.78 is 10.2. The molecule has 7 heteroatoms. The number of primary amides is 1. The van der Waals surface area contributed by atoms with Gasteiger partial charge in [-0.1, -0.05) is 12.1 Å². The van der Waals surface area contributed by atoms with Crippen LogP contribution in [0.3, 0.4) is 0 Å². The highest BCUT2D eigenvalue weighted by Gasteiger charge is 2.19. The van der Waals surface area contributed by atoms with Crippen LogP contribution in [0.25, 0.3) is 0 Å². The van der Waals surface area contributed by atoms with Crippen LogP contribution in [0, 0.1) is 13.8 Å². The maximum absolute atomic E-state index is 11.6. The summed E-state index contributed by atoms with van der Waals surface area (Å²) in [5.41, 5.74) is 6.67. The first-order chi connectivity index (χ1) is 9.79. The molecular weight excluding hydrogens is 276 g/mol. The highest BCUT2D eigenvalue weighted by Crippen LogP contribution is 2.18. The Hall–Kier alpha value is -2.57. The van der Waals surface area contributed by atoms with Crippen molar-refractivity contribution in [2.45, 2.75) is 26.9 Å². The lowest BCUT2D eigenvalue weighted by molar-refractivity contribution is -0.156. The standard InChI is InChI=1S/C14H18N2O5/c1-8-4-5-9(2)11(6-8)20-7-12(17)21-10(3)13(18)16-14(15)19/h4-6,10H,7H2,1-3H3,(H3,15,16,18,19)/t10-/m0/s1. The number of imide groups is 1. The molecule has 21 heavy (non-hydrogen) atoms. The molecule has 7 nitrogen and oxygen atoms in total. The zero-order valence-electron chi connectivity index (χ0n) is 12.1. The van der Waals surface area contributed by atoms with Crippen LogP contribution in [0.1, 0.15) is 18.1 Å². The molecule has 1 aromatic rings. The van der Waals surface area contributed by atoms with E-state index >= 15 is 0 Å². The number of ether oxygens (including phenoxy) is 2. The number of benzene rings is 1. The zero-order chi connectivity index (χ0) is 16.0. The minimum absolute atomic E-state index is 0.335. The number of carbonyl (C=O) groups excluding carboxylic acids is 3. The second-order valence-electron chi connectivity index (χ2n) is 4.54. The number of urea groups is 1. The van der Waals surface area contributed by atoms with Gasteiger partial charge in [0.1, 0.15) is 5.75 Å². The van der Waals surface area contributed by atoms with Crippen molar-refractivity contribution in [3.05, 3.63) is 29.3 Å². The first kappa shape index (κ1) is 16.5.